The molecule has 0 unspecified atom stereocenters. The SMILES string of the molecule is CCCCCN1C(=O)COc2ccc(NC(=O)CC(c3ccccc3)c3ccccc3)cc21. The van der Waals surface area contributed by atoms with Crippen LogP contribution in [0.5, 0.6) is 5.75 Å². The molecule has 0 atom stereocenters. The lowest BCUT2D eigenvalue weighted by Crippen LogP contribution is -2.39. The topological polar surface area (TPSA) is 58.6 Å². The molecule has 3 aromatic rings. The number of hydrogen-bond acceptors (Lipinski definition) is 3. The van der Waals surface area contributed by atoms with Gasteiger partial charge in [0.2, 0.25) is 5.91 Å². The fraction of sp³-hybridized carbons (Fsp3) is 0.286. The average molecular weight is 443 g/mol. The number of hydrogen-bond donors (Lipinski definition) is 1. The molecule has 0 fully saturated rings. The minimum atomic E-state index is -0.0757. The van der Waals surface area contributed by atoms with E-state index in [1.165, 1.54) is 0 Å². The first-order valence-corrected chi connectivity index (χ1v) is 11.6. The van der Waals surface area contributed by atoms with E-state index < -0.39 is 0 Å². The van der Waals surface area contributed by atoms with Gasteiger partial charge in [-0.2, -0.15) is 0 Å². The number of nitrogens with one attached hydrogen (secondary N) is 1. The summed E-state index contributed by atoms with van der Waals surface area (Å²) in [6, 6.07) is 25.7. The van der Waals surface area contributed by atoms with Gasteiger partial charge >= 0.3 is 0 Å². The lowest BCUT2D eigenvalue weighted by molar-refractivity contribution is -0.121. The summed E-state index contributed by atoms with van der Waals surface area (Å²) >= 11 is 0. The summed E-state index contributed by atoms with van der Waals surface area (Å²) in [7, 11) is 0. The lowest BCUT2D eigenvalue weighted by Gasteiger charge is -2.30. The van der Waals surface area contributed by atoms with E-state index >= 15 is 0 Å². The Bertz CT molecular complexity index is 1040. The maximum Gasteiger partial charge on any atom is 0.265 e. The Hall–Kier alpha value is -3.60. The van der Waals surface area contributed by atoms with Crippen molar-refractivity contribution in [3.05, 3.63) is 90.0 Å². The first-order chi connectivity index (χ1) is 16.2. The van der Waals surface area contributed by atoms with Gasteiger partial charge in [-0.25, -0.2) is 0 Å². The first kappa shape index (κ1) is 22.6. The Labute approximate surface area is 195 Å². The van der Waals surface area contributed by atoms with Gasteiger partial charge in [-0.15, -0.1) is 0 Å². The molecular weight excluding hydrogens is 412 g/mol. The van der Waals surface area contributed by atoms with Gasteiger partial charge in [-0.05, 0) is 35.7 Å². The third-order valence-corrected chi connectivity index (χ3v) is 5.96. The van der Waals surface area contributed by atoms with Crippen LogP contribution in [0.15, 0.2) is 78.9 Å². The van der Waals surface area contributed by atoms with Crippen LogP contribution in [0.3, 0.4) is 0 Å². The second-order valence-electron chi connectivity index (χ2n) is 8.35. The summed E-state index contributed by atoms with van der Waals surface area (Å²) < 4.78 is 5.61. The maximum absolute atomic E-state index is 13.1. The zero-order chi connectivity index (χ0) is 23.0. The van der Waals surface area contributed by atoms with E-state index in [0.717, 1.165) is 36.1 Å². The molecule has 0 bridgehead atoms. The van der Waals surface area contributed by atoms with Gasteiger partial charge in [0.05, 0.1) is 5.69 Å². The smallest absolute Gasteiger partial charge is 0.265 e. The van der Waals surface area contributed by atoms with Gasteiger partial charge in [-0.1, -0.05) is 80.4 Å². The quantitative estimate of drug-likeness (QED) is 0.429. The molecule has 2 amide bonds. The van der Waals surface area contributed by atoms with E-state index in [1.54, 1.807) is 4.90 Å². The predicted octanol–water partition coefficient (Wildman–Crippen LogP) is 5.76. The molecule has 170 valence electrons. The van der Waals surface area contributed by atoms with Crippen molar-refractivity contribution < 1.29 is 14.3 Å². The molecule has 0 aromatic heterocycles. The molecule has 3 aromatic carbocycles. The van der Waals surface area contributed by atoms with E-state index in [-0.39, 0.29) is 24.3 Å². The number of ether oxygens (including phenoxy) is 1. The number of rotatable bonds is 9. The van der Waals surface area contributed by atoms with Crippen LogP contribution in [0.1, 0.15) is 49.7 Å². The van der Waals surface area contributed by atoms with Crippen LogP contribution in [0, 0.1) is 0 Å². The van der Waals surface area contributed by atoms with Gasteiger partial charge in [0.1, 0.15) is 5.75 Å². The van der Waals surface area contributed by atoms with Gasteiger partial charge in [0.15, 0.2) is 6.61 Å². The molecule has 1 aliphatic heterocycles. The summed E-state index contributed by atoms with van der Waals surface area (Å²) in [5.74, 6) is 0.513. The van der Waals surface area contributed by atoms with Crippen molar-refractivity contribution in [3.63, 3.8) is 0 Å². The predicted molar refractivity (Wildman–Crippen MR) is 132 cm³/mol. The Morgan fingerprint density at radius 3 is 2.27 bits per heavy atom. The molecule has 1 heterocycles. The minimum absolute atomic E-state index is 0.0412. The zero-order valence-corrected chi connectivity index (χ0v) is 19.0. The van der Waals surface area contributed by atoms with E-state index in [0.29, 0.717) is 24.4 Å². The first-order valence-electron chi connectivity index (χ1n) is 11.6. The number of fused-ring (bicyclic) bond motifs is 1. The van der Waals surface area contributed by atoms with Crippen molar-refractivity contribution in [1.82, 2.24) is 0 Å². The third kappa shape index (κ3) is 5.61. The maximum atomic E-state index is 13.1. The molecule has 0 saturated carbocycles. The van der Waals surface area contributed by atoms with E-state index in [4.69, 9.17) is 4.74 Å². The summed E-state index contributed by atoms with van der Waals surface area (Å²) in [5, 5.41) is 3.03. The minimum Gasteiger partial charge on any atom is -0.482 e. The highest BCUT2D eigenvalue weighted by Gasteiger charge is 2.26. The van der Waals surface area contributed by atoms with Crippen molar-refractivity contribution in [2.75, 3.05) is 23.4 Å². The highest BCUT2D eigenvalue weighted by Crippen LogP contribution is 2.35. The Morgan fingerprint density at radius 1 is 0.970 bits per heavy atom. The lowest BCUT2D eigenvalue weighted by atomic mass is 9.88. The van der Waals surface area contributed by atoms with E-state index in [9.17, 15) is 9.59 Å². The number of anilines is 2. The van der Waals surface area contributed by atoms with Crippen LogP contribution in [-0.2, 0) is 9.59 Å². The average Bonchev–Trinajstić information content (AvgIpc) is 2.85. The monoisotopic (exact) mass is 442 g/mol. The van der Waals surface area contributed by atoms with E-state index in [1.807, 2.05) is 54.6 Å². The molecule has 0 radical (unpaired) electrons. The van der Waals surface area contributed by atoms with Crippen LogP contribution in [0.2, 0.25) is 0 Å². The summed E-state index contributed by atoms with van der Waals surface area (Å²) in [5.41, 5.74) is 3.59. The zero-order valence-electron chi connectivity index (χ0n) is 19.0. The third-order valence-electron chi connectivity index (χ3n) is 5.96. The Kier molecular flexibility index (Phi) is 7.40. The summed E-state index contributed by atoms with van der Waals surface area (Å²) in [6.45, 7) is 2.85. The van der Waals surface area contributed by atoms with Gasteiger partial charge in [0, 0.05) is 24.6 Å². The number of carbonyl (C=O) groups is 2. The summed E-state index contributed by atoms with van der Waals surface area (Å²) in [4.78, 5) is 27.3. The summed E-state index contributed by atoms with van der Waals surface area (Å²) in [6.07, 6.45) is 3.41. The van der Waals surface area contributed by atoms with Crippen LogP contribution < -0.4 is 15.0 Å². The number of amides is 2. The van der Waals surface area contributed by atoms with Gasteiger partial charge in [0.25, 0.3) is 5.91 Å². The highest BCUT2D eigenvalue weighted by molar-refractivity contribution is 5.99. The standard InChI is InChI=1S/C28H30N2O3/c1-2-3-10-17-30-25-18-23(15-16-26(25)33-20-28(30)32)29-27(31)19-24(21-11-6-4-7-12-21)22-13-8-5-9-14-22/h4-9,11-16,18,24H,2-3,10,17,19-20H2,1H3,(H,29,31). The van der Waals surface area contributed by atoms with Crippen LogP contribution in [0.4, 0.5) is 11.4 Å². The van der Waals surface area contributed by atoms with Crippen molar-refractivity contribution in [3.8, 4) is 5.75 Å². The normalized spacial score (nSPS) is 12.9. The van der Waals surface area contributed by atoms with Gasteiger partial charge < -0.3 is 15.0 Å². The van der Waals surface area contributed by atoms with Gasteiger partial charge in [-0.3, -0.25) is 9.59 Å². The Balaban J connectivity index is 1.51. The molecule has 1 N–H and O–H groups in total. The second kappa shape index (κ2) is 10.8. The highest BCUT2D eigenvalue weighted by atomic mass is 16.5. The molecule has 0 saturated heterocycles. The molecule has 1 aliphatic rings. The van der Waals surface area contributed by atoms with Crippen molar-refractivity contribution in [2.24, 2.45) is 0 Å². The molecule has 5 heteroatoms. The van der Waals surface area contributed by atoms with Crippen molar-refractivity contribution in [2.45, 2.75) is 38.5 Å². The van der Waals surface area contributed by atoms with E-state index in [2.05, 4.69) is 36.5 Å². The molecule has 33 heavy (non-hydrogen) atoms. The fourth-order valence-electron chi connectivity index (χ4n) is 4.24. The largest absolute Gasteiger partial charge is 0.482 e. The second-order valence-corrected chi connectivity index (χ2v) is 8.35. The number of unbranched alkanes of at least 4 members (excludes halogenated alkanes) is 2. The molecule has 0 spiro atoms. The molecule has 5 nitrogen and oxygen atoms in total. The fourth-order valence-corrected chi connectivity index (χ4v) is 4.24. The number of benzene rings is 3. The number of nitrogens with zero attached hydrogens (tertiary/aromatic N) is 1. The Morgan fingerprint density at radius 2 is 1.64 bits per heavy atom. The molecule has 4 rings (SSSR count). The van der Waals surface area contributed by atoms with Crippen LogP contribution in [-0.4, -0.2) is 25.0 Å². The van der Waals surface area contributed by atoms with Crippen molar-refractivity contribution >= 4 is 23.2 Å². The molecular formula is C28H30N2O3. The van der Waals surface area contributed by atoms with Crippen molar-refractivity contribution in [1.29, 1.82) is 0 Å². The van der Waals surface area contributed by atoms with Crippen LogP contribution in [0.25, 0.3) is 0 Å². The number of carbonyl (C=O) groups excluding carboxylic acids is 2. The van der Waals surface area contributed by atoms with Crippen LogP contribution >= 0.6 is 0 Å². The molecule has 0 aliphatic carbocycles.